The summed E-state index contributed by atoms with van der Waals surface area (Å²) in [7, 11) is 4.69. The second-order valence-electron chi connectivity index (χ2n) is 7.41. The van der Waals surface area contributed by atoms with E-state index in [0.717, 1.165) is 35.7 Å². The largest absolute Gasteiger partial charge is 0.493 e. The van der Waals surface area contributed by atoms with Gasteiger partial charge in [-0.3, -0.25) is 9.59 Å². The van der Waals surface area contributed by atoms with Gasteiger partial charge in [-0.15, -0.1) is 0 Å². The summed E-state index contributed by atoms with van der Waals surface area (Å²) in [6.07, 6.45) is 1.17. The Labute approximate surface area is 193 Å². The van der Waals surface area contributed by atoms with E-state index in [-0.39, 0.29) is 11.8 Å². The molecule has 0 atom stereocenters. The van der Waals surface area contributed by atoms with Gasteiger partial charge in [0.05, 0.1) is 27.8 Å². The number of aryl methyl sites for hydroxylation is 1. The van der Waals surface area contributed by atoms with Crippen molar-refractivity contribution >= 4 is 29.3 Å². The first-order valence-electron chi connectivity index (χ1n) is 10.6. The van der Waals surface area contributed by atoms with Gasteiger partial charge in [-0.2, -0.15) is 11.8 Å². The van der Waals surface area contributed by atoms with Crippen LogP contribution in [0.15, 0.2) is 36.4 Å². The molecule has 2 aromatic carbocycles. The van der Waals surface area contributed by atoms with Crippen molar-refractivity contribution in [2.24, 2.45) is 0 Å². The van der Waals surface area contributed by atoms with Crippen LogP contribution in [0.25, 0.3) is 0 Å². The number of carbonyl (C=O) groups excluding carboxylic acids is 2. The molecule has 0 bridgehead atoms. The third-order valence-electron chi connectivity index (χ3n) is 5.36. The third kappa shape index (κ3) is 6.09. The predicted molar refractivity (Wildman–Crippen MR) is 127 cm³/mol. The summed E-state index contributed by atoms with van der Waals surface area (Å²) in [4.78, 5) is 26.8. The van der Waals surface area contributed by atoms with Gasteiger partial charge in [0.15, 0.2) is 11.5 Å². The van der Waals surface area contributed by atoms with Gasteiger partial charge in [-0.05, 0) is 35.7 Å². The van der Waals surface area contributed by atoms with Gasteiger partial charge in [0.25, 0.3) is 0 Å². The quantitative estimate of drug-likeness (QED) is 0.621. The van der Waals surface area contributed by atoms with E-state index in [0.29, 0.717) is 42.2 Å². The number of benzene rings is 2. The fourth-order valence-corrected chi connectivity index (χ4v) is 4.54. The molecule has 3 rings (SSSR count). The number of hydrogen-bond donors (Lipinski definition) is 1. The van der Waals surface area contributed by atoms with E-state index in [1.165, 1.54) is 0 Å². The van der Waals surface area contributed by atoms with Gasteiger partial charge in [0, 0.05) is 36.7 Å². The summed E-state index contributed by atoms with van der Waals surface area (Å²) in [6.45, 7) is 1.64. The van der Waals surface area contributed by atoms with Crippen molar-refractivity contribution < 1.29 is 23.8 Å². The molecule has 32 heavy (non-hydrogen) atoms. The fourth-order valence-electron chi connectivity index (χ4n) is 3.64. The molecule has 0 unspecified atom stereocenters. The lowest BCUT2D eigenvalue weighted by Crippen LogP contribution is -2.38. The first-order chi connectivity index (χ1) is 15.5. The number of ether oxygens (including phenoxy) is 3. The van der Waals surface area contributed by atoms with Crippen LogP contribution in [0, 0.1) is 0 Å². The number of hydrogen-bond acceptors (Lipinski definition) is 6. The van der Waals surface area contributed by atoms with Crippen molar-refractivity contribution in [2.45, 2.75) is 19.3 Å². The van der Waals surface area contributed by atoms with E-state index in [1.807, 2.05) is 47.0 Å². The maximum absolute atomic E-state index is 12.5. The van der Waals surface area contributed by atoms with E-state index < -0.39 is 0 Å². The summed E-state index contributed by atoms with van der Waals surface area (Å²) in [5.74, 6) is 3.73. The number of nitrogens with zero attached hydrogens (tertiary/aromatic N) is 1. The number of thioether (sulfide) groups is 1. The molecule has 7 nitrogen and oxygen atoms in total. The normalized spacial score (nSPS) is 13.4. The average Bonchev–Trinajstić information content (AvgIpc) is 2.83. The Morgan fingerprint density at radius 1 is 0.938 bits per heavy atom. The minimum Gasteiger partial charge on any atom is -0.493 e. The maximum Gasteiger partial charge on any atom is 0.227 e. The summed E-state index contributed by atoms with van der Waals surface area (Å²) < 4.78 is 16.2. The van der Waals surface area contributed by atoms with Gasteiger partial charge in [0.1, 0.15) is 0 Å². The lowest BCUT2D eigenvalue weighted by molar-refractivity contribution is -0.130. The Morgan fingerprint density at radius 3 is 2.25 bits per heavy atom. The molecule has 172 valence electrons. The molecule has 2 amide bonds. The minimum atomic E-state index is -0.100. The Balaban J connectivity index is 1.53. The van der Waals surface area contributed by atoms with Crippen molar-refractivity contribution in [3.05, 3.63) is 47.5 Å². The van der Waals surface area contributed by atoms with Gasteiger partial charge < -0.3 is 24.4 Å². The molecule has 1 saturated heterocycles. The van der Waals surface area contributed by atoms with Gasteiger partial charge in [-0.1, -0.05) is 18.2 Å². The van der Waals surface area contributed by atoms with E-state index in [2.05, 4.69) is 5.32 Å². The van der Waals surface area contributed by atoms with Crippen LogP contribution >= 0.6 is 11.8 Å². The highest BCUT2D eigenvalue weighted by molar-refractivity contribution is 7.99. The van der Waals surface area contributed by atoms with Crippen molar-refractivity contribution in [3.63, 3.8) is 0 Å². The van der Waals surface area contributed by atoms with Crippen LogP contribution < -0.4 is 19.5 Å². The Morgan fingerprint density at radius 2 is 1.62 bits per heavy atom. The van der Waals surface area contributed by atoms with Gasteiger partial charge in [0.2, 0.25) is 17.6 Å². The Kier molecular flexibility index (Phi) is 8.67. The summed E-state index contributed by atoms with van der Waals surface area (Å²) in [6, 6.07) is 11.1. The minimum absolute atomic E-state index is 0.100. The fraction of sp³-hybridized carbons (Fsp3) is 0.417. The van der Waals surface area contributed by atoms with E-state index in [9.17, 15) is 9.59 Å². The van der Waals surface area contributed by atoms with Crippen molar-refractivity contribution in [1.29, 1.82) is 0 Å². The molecule has 0 aliphatic carbocycles. The molecule has 1 N–H and O–H groups in total. The van der Waals surface area contributed by atoms with Gasteiger partial charge in [-0.25, -0.2) is 0 Å². The molecule has 2 aromatic rings. The molecule has 0 saturated carbocycles. The number of amides is 2. The zero-order chi connectivity index (χ0) is 22.9. The van der Waals surface area contributed by atoms with Crippen LogP contribution in [0.4, 0.5) is 5.69 Å². The molecule has 0 spiro atoms. The highest BCUT2D eigenvalue weighted by atomic mass is 32.2. The number of nitrogens with one attached hydrogen (secondary N) is 1. The predicted octanol–water partition coefficient (Wildman–Crippen LogP) is 3.40. The highest BCUT2D eigenvalue weighted by Gasteiger charge is 2.18. The number of anilines is 1. The summed E-state index contributed by atoms with van der Waals surface area (Å²) in [5.41, 5.74) is 2.52. The standard InChI is InChI=1S/C24H30N2O5S/c1-29-20-10-6-18(23(30-2)24(20)31-3)7-11-21(27)25-19-8-4-17(5-9-19)16-22(28)26-12-14-32-15-13-26/h4-6,8-10H,7,11-16H2,1-3H3,(H,25,27). The van der Waals surface area contributed by atoms with Crippen LogP contribution in [0.2, 0.25) is 0 Å². The zero-order valence-corrected chi connectivity index (χ0v) is 19.6. The number of rotatable bonds is 9. The molecule has 8 heteroatoms. The maximum atomic E-state index is 12.5. The smallest absolute Gasteiger partial charge is 0.227 e. The molecule has 1 aliphatic rings. The van der Waals surface area contributed by atoms with Crippen molar-refractivity contribution in [2.75, 3.05) is 51.2 Å². The zero-order valence-electron chi connectivity index (χ0n) is 18.8. The van der Waals surface area contributed by atoms with Crippen LogP contribution in [0.5, 0.6) is 17.2 Å². The lowest BCUT2D eigenvalue weighted by atomic mass is 10.1. The Hall–Kier alpha value is -2.87. The lowest BCUT2D eigenvalue weighted by Gasteiger charge is -2.26. The van der Waals surface area contributed by atoms with Crippen LogP contribution in [-0.4, -0.2) is 62.6 Å². The summed E-state index contributed by atoms with van der Waals surface area (Å²) in [5, 5.41) is 2.91. The van der Waals surface area contributed by atoms with Crippen LogP contribution in [-0.2, 0) is 22.4 Å². The van der Waals surface area contributed by atoms with E-state index >= 15 is 0 Å². The van der Waals surface area contributed by atoms with Crippen LogP contribution in [0.1, 0.15) is 17.5 Å². The molecule has 1 fully saturated rings. The Bertz CT molecular complexity index is 927. The van der Waals surface area contributed by atoms with E-state index in [1.54, 1.807) is 27.4 Å². The topological polar surface area (TPSA) is 77.1 Å². The average molecular weight is 459 g/mol. The number of methoxy groups -OCH3 is 3. The third-order valence-corrected chi connectivity index (χ3v) is 6.31. The molecule has 0 radical (unpaired) electrons. The van der Waals surface area contributed by atoms with Gasteiger partial charge >= 0.3 is 0 Å². The first-order valence-corrected chi connectivity index (χ1v) is 11.7. The number of carbonyl (C=O) groups is 2. The molecule has 1 aliphatic heterocycles. The van der Waals surface area contributed by atoms with Crippen LogP contribution in [0.3, 0.4) is 0 Å². The first kappa shape index (κ1) is 23.8. The summed E-state index contributed by atoms with van der Waals surface area (Å²) >= 11 is 1.88. The van der Waals surface area contributed by atoms with E-state index in [4.69, 9.17) is 14.2 Å². The molecular formula is C24H30N2O5S. The SMILES string of the molecule is COc1ccc(CCC(=O)Nc2ccc(CC(=O)N3CCSCC3)cc2)c(OC)c1OC. The van der Waals surface area contributed by atoms with Crippen molar-refractivity contribution in [3.8, 4) is 17.2 Å². The monoisotopic (exact) mass is 458 g/mol. The molecule has 1 heterocycles. The highest BCUT2D eigenvalue weighted by Crippen LogP contribution is 2.40. The molecular weight excluding hydrogens is 428 g/mol. The second-order valence-corrected chi connectivity index (χ2v) is 8.63. The molecule has 0 aromatic heterocycles. The van der Waals surface area contributed by atoms with Crippen molar-refractivity contribution in [1.82, 2.24) is 4.90 Å². The second kappa shape index (κ2) is 11.7.